The monoisotopic (exact) mass is 274 g/mol. The van der Waals surface area contributed by atoms with Gasteiger partial charge in [-0.15, -0.1) is 0 Å². The van der Waals surface area contributed by atoms with Crippen LogP contribution >= 0.6 is 0 Å². The third kappa shape index (κ3) is 4.92. The molecule has 1 N–H and O–H groups in total. The van der Waals surface area contributed by atoms with Crippen molar-refractivity contribution in [2.24, 2.45) is 11.8 Å². The molecule has 2 nitrogen and oxygen atoms in total. The first-order valence-corrected chi connectivity index (χ1v) is 8.14. The lowest BCUT2D eigenvalue weighted by Gasteiger charge is -2.24. The van der Waals surface area contributed by atoms with Crippen LogP contribution in [0.1, 0.15) is 32.8 Å². The maximum Gasteiger partial charge on any atom is 0.0107 e. The minimum absolute atomic E-state index is 0.660. The molecule has 1 saturated heterocycles. The normalized spacial score (nSPS) is 21.5. The Bertz CT molecular complexity index is 374. The highest BCUT2D eigenvalue weighted by molar-refractivity contribution is 5.15. The predicted octanol–water partition coefficient (Wildman–Crippen LogP) is 3.19. The van der Waals surface area contributed by atoms with E-state index in [0.717, 1.165) is 18.4 Å². The maximum absolute atomic E-state index is 3.61. The van der Waals surface area contributed by atoms with E-state index < -0.39 is 0 Å². The van der Waals surface area contributed by atoms with Crippen LogP contribution in [0, 0.1) is 11.8 Å². The van der Waals surface area contributed by atoms with Gasteiger partial charge >= 0.3 is 0 Å². The van der Waals surface area contributed by atoms with Gasteiger partial charge in [0.05, 0.1) is 0 Å². The van der Waals surface area contributed by atoms with Crippen molar-refractivity contribution in [3.63, 3.8) is 0 Å². The average Bonchev–Trinajstić information content (AvgIpc) is 2.88. The number of nitrogens with zero attached hydrogens (tertiary/aromatic N) is 1. The van der Waals surface area contributed by atoms with Crippen LogP contribution < -0.4 is 5.32 Å². The first-order valence-electron chi connectivity index (χ1n) is 8.14. The summed E-state index contributed by atoms with van der Waals surface area (Å²) in [6.45, 7) is 11.8. The Kier molecular flexibility index (Phi) is 6.06. The summed E-state index contributed by atoms with van der Waals surface area (Å²) in [5.74, 6) is 1.59. The smallest absolute Gasteiger partial charge is 0.0107 e. The lowest BCUT2D eigenvalue weighted by Crippen LogP contribution is -2.34. The van der Waals surface area contributed by atoms with Crippen LogP contribution in [0.25, 0.3) is 0 Å². The van der Waals surface area contributed by atoms with Crippen LogP contribution in [0.3, 0.4) is 0 Å². The van der Waals surface area contributed by atoms with Gasteiger partial charge in [0.1, 0.15) is 0 Å². The van der Waals surface area contributed by atoms with E-state index in [1.165, 1.54) is 38.0 Å². The zero-order valence-electron chi connectivity index (χ0n) is 13.3. The SMILES string of the molecule is CC(C)CNCC1CCN(C(C)Cc2ccccc2)C1. The third-order valence-corrected chi connectivity index (χ3v) is 4.30. The molecule has 0 aliphatic carbocycles. The van der Waals surface area contributed by atoms with E-state index in [-0.39, 0.29) is 0 Å². The van der Waals surface area contributed by atoms with E-state index >= 15 is 0 Å². The Hall–Kier alpha value is -0.860. The number of benzene rings is 1. The molecule has 2 unspecified atom stereocenters. The van der Waals surface area contributed by atoms with Crippen LogP contribution in [-0.2, 0) is 6.42 Å². The highest BCUT2D eigenvalue weighted by atomic mass is 15.2. The van der Waals surface area contributed by atoms with E-state index in [0.29, 0.717) is 6.04 Å². The second-order valence-corrected chi connectivity index (χ2v) is 6.74. The molecular weight excluding hydrogens is 244 g/mol. The van der Waals surface area contributed by atoms with Crippen molar-refractivity contribution in [1.29, 1.82) is 0 Å². The van der Waals surface area contributed by atoms with E-state index in [1.807, 2.05) is 0 Å². The van der Waals surface area contributed by atoms with E-state index in [1.54, 1.807) is 0 Å². The molecule has 1 aromatic carbocycles. The summed E-state index contributed by atoms with van der Waals surface area (Å²) in [5.41, 5.74) is 1.46. The molecule has 1 heterocycles. The van der Waals surface area contributed by atoms with Crippen molar-refractivity contribution in [3.8, 4) is 0 Å². The van der Waals surface area contributed by atoms with Gasteiger partial charge in [0.2, 0.25) is 0 Å². The first kappa shape index (κ1) is 15.5. The molecule has 1 fully saturated rings. The van der Waals surface area contributed by atoms with Gasteiger partial charge in [-0.1, -0.05) is 44.2 Å². The highest BCUT2D eigenvalue weighted by Gasteiger charge is 2.25. The molecule has 0 bridgehead atoms. The van der Waals surface area contributed by atoms with Gasteiger partial charge in [-0.05, 0) is 56.8 Å². The zero-order chi connectivity index (χ0) is 14.4. The van der Waals surface area contributed by atoms with Crippen molar-refractivity contribution in [1.82, 2.24) is 10.2 Å². The Morgan fingerprint density at radius 1 is 1.20 bits per heavy atom. The fourth-order valence-electron chi connectivity index (χ4n) is 3.09. The lowest BCUT2D eigenvalue weighted by atomic mass is 10.1. The molecule has 1 aliphatic rings. The van der Waals surface area contributed by atoms with Crippen molar-refractivity contribution in [3.05, 3.63) is 35.9 Å². The molecule has 2 heteroatoms. The number of hydrogen-bond donors (Lipinski definition) is 1. The Morgan fingerprint density at radius 2 is 1.95 bits per heavy atom. The van der Waals surface area contributed by atoms with E-state index in [2.05, 4.69) is 61.3 Å². The van der Waals surface area contributed by atoms with Gasteiger partial charge in [0.25, 0.3) is 0 Å². The molecule has 1 aromatic rings. The average molecular weight is 274 g/mol. The van der Waals surface area contributed by atoms with Gasteiger partial charge < -0.3 is 5.32 Å². The number of hydrogen-bond acceptors (Lipinski definition) is 2. The summed E-state index contributed by atoms with van der Waals surface area (Å²) in [6, 6.07) is 11.5. The van der Waals surface area contributed by atoms with Crippen LogP contribution in [0.15, 0.2) is 30.3 Å². The molecule has 112 valence electrons. The summed E-state index contributed by atoms with van der Waals surface area (Å²) < 4.78 is 0. The number of rotatable bonds is 7. The second kappa shape index (κ2) is 7.80. The summed E-state index contributed by atoms with van der Waals surface area (Å²) in [6.07, 6.45) is 2.53. The molecule has 20 heavy (non-hydrogen) atoms. The fraction of sp³-hybridized carbons (Fsp3) is 0.667. The summed E-state index contributed by atoms with van der Waals surface area (Å²) in [5, 5.41) is 3.61. The van der Waals surface area contributed by atoms with Gasteiger partial charge in [0, 0.05) is 12.6 Å². The van der Waals surface area contributed by atoms with Crippen LogP contribution in [0.4, 0.5) is 0 Å². The topological polar surface area (TPSA) is 15.3 Å². The molecule has 1 aliphatic heterocycles. The lowest BCUT2D eigenvalue weighted by molar-refractivity contribution is 0.246. The largest absolute Gasteiger partial charge is 0.316 e. The molecule has 0 radical (unpaired) electrons. The van der Waals surface area contributed by atoms with E-state index in [4.69, 9.17) is 0 Å². The van der Waals surface area contributed by atoms with Crippen molar-refractivity contribution in [2.45, 2.75) is 39.7 Å². The van der Waals surface area contributed by atoms with E-state index in [9.17, 15) is 0 Å². The van der Waals surface area contributed by atoms with Gasteiger partial charge in [0.15, 0.2) is 0 Å². The molecule has 2 atom stereocenters. The van der Waals surface area contributed by atoms with Crippen LogP contribution in [0.5, 0.6) is 0 Å². The van der Waals surface area contributed by atoms with Crippen LogP contribution in [0.2, 0.25) is 0 Å². The quantitative estimate of drug-likeness (QED) is 0.821. The molecule has 2 rings (SSSR count). The standard InChI is InChI=1S/C18H30N2/c1-15(2)12-19-13-18-9-10-20(14-18)16(3)11-17-7-5-4-6-8-17/h4-8,15-16,18-19H,9-14H2,1-3H3. The molecule has 0 spiro atoms. The van der Waals surface area contributed by atoms with Crippen molar-refractivity contribution >= 4 is 0 Å². The minimum Gasteiger partial charge on any atom is -0.316 e. The zero-order valence-corrected chi connectivity index (χ0v) is 13.3. The highest BCUT2D eigenvalue weighted by Crippen LogP contribution is 2.20. The summed E-state index contributed by atoms with van der Waals surface area (Å²) in [4.78, 5) is 2.66. The Labute approximate surface area is 124 Å². The molecule has 0 saturated carbocycles. The second-order valence-electron chi connectivity index (χ2n) is 6.74. The predicted molar refractivity (Wildman–Crippen MR) is 87.0 cm³/mol. The minimum atomic E-state index is 0.660. The van der Waals surface area contributed by atoms with Gasteiger partial charge in [-0.2, -0.15) is 0 Å². The number of nitrogens with one attached hydrogen (secondary N) is 1. The summed E-state index contributed by atoms with van der Waals surface area (Å²) in [7, 11) is 0. The third-order valence-electron chi connectivity index (χ3n) is 4.30. The van der Waals surface area contributed by atoms with Crippen LogP contribution in [-0.4, -0.2) is 37.1 Å². The fourth-order valence-corrected chi connectivity index (χ4v) is 3.09. The first-order chi connectivity index (χ1) is 9.65. The summed E-state index contributed by atoms with van der Waals surface area (Å²) >= 11 is 0. The maximum atomic E-state index is 3.61. The van der Waals surface area contributed by atoms with Crippen molar-refractivity contribution < 1.29 is 0 Å². The Morgan fingerprint density at radius 3 is 2.65 bits per heavy atom. The molecule has 0 amide bonds. The Balaban J connectivity index is 1.72. The molecular formula is C18H30N2. The van der Waals surface area contributed by atoms with Gasteiger partial charge in [-0.25, -0.2) is 0 Å². The molecule has 0 aromatic heterocycles. The number of likely N-dealkylation sites (tertiary alicyclic amines) is 1. The van der Waals surface area contributed by atoms with Gasteiger partial charge in [-0.3, -0.25) is 4.90 Å². The van der Waals surface area contributed by atoms with Crippen molar-refractivity contribution in [2.75, 3.05) is 26.2 Å².